The molecule has 0 saturated carbocycles. The number of H-pyrrole nitrogens is 1. The summed E-state index contributed by atoms with van der Waals surface area (Å²) in [6, 6.07) is 3.65. The SMILES string of the molecule is CCC(NC(=O)Cc1cnc[nH]c1=O)c1ccncc1. The number of aromatic nitrogens is 3. The quantitative estimate of drug-likeness (QED) is 0.849. The molecule has 0 saturated heterocycles. The first kappa shape index (κ1) is 13.9. The van der Waals surface area contributed by atoms with Gasteiger partial charge < -0.3 is 10.3 Å². The summed E-state index contributed by atoms with van der Waals surface area (Å²) in [6.07, 6.45) is 6.87. The predicted molar refractivity (Wildman–Crippen MR) is 74.0 cm³/mol. The lowest BCUT2D eigenvalue weighted by Crippen LogP contribution is -2.31. The van der Waals surface area contributed by atoms with Gasteiger partial charge in [-0.05, 0) is 24.1 Å². The van der Waals surface area contributed by atoms with Crippen LogP contribution in [0.25, 0.3) is 0 Å². The van der Waals surface area contributed by atoms with E-state index in [0.717, 1.165) is 12.0 Å². The van der Waals surface area contributed by atoms with Gasteiger partial charge in [-0.15, -0.1) is 0 Å². The van der Waals surface area contributed by atoms with E-state index < -0.39 is 0 Å². The number of pyridine rings is 1. The highest BCUT2D eigenvalue weighted by Crippen LogP contribution is 2.15. The summed E-state index contributed by atoms with van der Waals surface area (Å²) < 4.78 is 0. The molecular weight excluding hydrogens is 256 g/mol. The molecule has 2 aromatic rings. The van der Waals surface area contributed by atoms with Crippen molar-refractivity contribution in [3.8, 4) is 0 Å². The maximum atomic E-state index is 12.0. The zero-order chi connectivity index (χ0) is 14.4. The van der Waals surface area contributed by atoms with Crippen LogP contribution in [0.1, 0.15) is 30.5 Å². The number of aromatic amines is 1. The average molecular weight is 272 g/mol. The number of hydrogen-bond acceptors (Lipinski definition) is 4. The van der Waals surface area contributed by atoms with Crippen molar-refractivity contribution in [1.29, 1.82) is 0 Å². The summed E-state index contributed by atoms with van der Waals surface area (Å²) in [5.41, 5.74) is 1.07. The lowest BCUT2D eigenvalue weighted by molar-refractivity contribution is -0.121. The minimum atomic E-state index is -0.285. The first-order valence-corrected chi connectivity index (χ1v) is 6.41. The number of rotatable bonds is 5. The Balaban J connectivity index is 2.04. The van der Waals surface area contributed by atoms with Gasteiger partial charge in [0, 0.05) is 24.2 Å². The van der Waals surface area contributed by atoms with Crippen LogP contribution >= 0.6 is 0 Å². The standard InChI is InChI=1S/C14H16N4O2/c1-2-12(10-3-5-15-6-4-10)18-13(19)7-11-8-16-9-17-14(11)20/h3-6,8-9,12H,2,7H2,1H3,(H,18,19)(H,16,17,20). The van der Waals surface area contributed by atoms with E-state index in [1.54, 1.807) is 12.4 Å². The van der Waals surface area contributed by atoms with Gasteiger partial charge in [-0.3, -0.25) is 14.6 Å². The zero-order valence-electron chi connectivity index (χ0n) is 11.2. The second-order valence-electron chi connectivity index (χ2n) is 4.39. The molecule has 0 radical (unpaired) electrons. The Morgan fingerprint density at radius 3 is 2.75 bits per heavy atom. The Kier molecular flexibility index (Phi) is 4.60. The average Bonchev–Trinajstić information content (AvgIpc) is 2.48. The van der Waals surface area contributed by atoms with Gasteiger partial charge in [0.1, 0.15) is 0 Å². The number of carbonyl (C=O) groups is 1. The van der Waals surface area contributed by atoms with Gasteiger partial charge in [0.25, 0.3) is 5.56 Å². The Morgan fingerprint density at radius 2 is 2.10 bits per heavy atom. The van der Waals surface area contributed by atoms with Crippen LogP contribution in [0.5, 0.6) is 0 Å². The summed E-state index contributed by atoms with van der Waals surface area (Å²) in [4.78, 5) is 33.7. The first-order valence-electron chi connectivity index (χ1n) is 6.41. The zero-order valence-corrected chi connectivity index (χ0v) is 11.2. The maximum Gasteiger partial charge on any atom is 0.254 e. The smallest absolute Gasteiger partial charge is 0.254 e. The van der Waals surface area contributed by atoms with E-state index >= 15 is 0 Å². The molecule has 20 heavy (non-hydrogen) atoms. The Morgan fingerprint density at radius 1 is 1.35 bits per heavy atom. The molecule has 6 nitrogen and oxygen atoms in total. The van der Waals surface area contributed by atoms with Crippen LogP contribution in [0.2, 0.25) is 0 Å². The molecule has 6 heteroatoms. The van der Waals surface area contributed by atoms with Gasteiger partial charge in [-0.25, -0.2) is 4.98 Å². The highest BCUT2D eigenvalue weighted by molar-refractivity contribution is 5.78. The molecule has 0 aromatic carbocycles. The van der Waals surface area contributed by atoms with Crippen molar-refractivity contribution in [2.45, 2.75) is 25.8 Å². The summed E-state index contributed by atoms with van der Waals surface area (Å²) in [5.74, 6) is -0.202. The van der Waals surface area contributed by atoms with Crippen molar-refractivity contribution in [3.63, 3.8) is 0 Å². The molecule has 0 aliphatic rings. The molecule has 1 unspecified atom stereocenters. The highest BCUT2D eigenvalue weighted by Gasteiger charge is 2.14. The lowest BCUT2D eigenvalue weighted by atomic mass is 10.1. The Bertz CT molecular complexity index is 624. The van der Waals surface area contributed by atoms with E-state index in [4.69, 9.17) is 0 Å². The number of amides is 1. The summed E-state index contributed by atoms with van der Waals surface area (Å²) in [6.45, 7) is 1.99. The summed E-state index contributed by atoms with van der Waals surface area (Å²) >= 11 is 0. The largest absolute Gasteiger partial charge is 0.349 e. The van der Waals surface area contributed by atoms with Gasteiger partial charge in [0.2, 0.25) is 5.91 Å². The first-order chi connectivity index (χ1) is 9.70. The molecule has 0 spiro atoms. The molecule has 1 atom stereocenters. The monoisotopic (exact) mass is 272 g/mol. The van der Waals surface area contributed by atoms with Crippen molar-refractivity contribution >= 4 is 5.91 Å². The molecule has 0 aliphatic heterocycles. The topological polar surface area (TPSA) is 87.7 Å². The molecular formula is C14H16N4O2. The predicted octanol–water partition coefficient (Wildman–Crippen LogP) is 0.975. The van der Waals surface area contributed by atoms with E-state index in [0.29, 0.717) is 5.56 Å². The normalized spacial score (nSPS) is 11.8. The highest BCUT2D eigenvalue weighted by atomic mass is 16.2. The Labute approximate surface area is 116 Å². The van der Waals surface area contributed by atoms with Crippen molar-refractivity contribution in [3.05, 3.63) is 58.5 Å². The van der Waals surface area contributed by atoms with E-state index in [1.165, 1.54) is 12.5 Å². The van der Waals surface area contributed by atoms with E-state index in [-0.39, 0.29) is 23.9 Å². The molecule has 1 amide bonds. The van der Waals surface area contributed by atoms with Gasteiger partial charge >= 0.3 is 0 Å². The van der Waals surface area contributed by atoms with E-state index in [1.807, 2.05) is 19.1 Å². The minimum Gasteiger partial charge on any atom is -0.349 e. The number of nitrogens with zero attached hydrogens (tertiary/aromatic N) is 2. The van der Waals surface area contributed by atoms with Crippen LogP contribution < -0.4 is 10.9 Å². The van der Waals surface area contributed by atoms with Crippen LogP contribution in [0.3, 0.4) is 0 Å². The second-order valence-corrected chi connectivity index (χ2v) is 4.39. The Hall–Kier alpha value is -2.50. The van der Waals surface area contributed by atoms with Gasteiger partial charge in [0.15, 0.2) is 0 Å². The molecule has 0 aliphatic carbocycles. The maximum absolute atomic E-state index is 12.0. The van der Waals surface area contributed by atoms with Gasteiger partial charge in [0.05, 0.1) is 18.8 Å². The molecule has 2 N–H and O–H groups in total. The number of hydrogen-bond donors (Lipinski definition) is 2. The van der Waals surface area contributed by atoms with Crippen molar-refractivity contribution in [2.24, 2.45) is 0 Å². The fraction of sp³-hybridized carbons (Fsp3) is 0.286. The second kappa shape index (κ2) is 6.60. The van der Waals surface area contributed by atoms with Gasteiger partial charge in [-0.1, -0.05) is 6.92 Å². The summed E-state index contributed by atoms with van der Waals surface area (Å²) in [5, 5.41) is 2.91. The van der Waals surface area contributed by atoms with Crippen LogP contribution in [0.15, 0.2) is 41.8 Å². The minimum absolute atomic E-state index is 0.0186. The molecule has 0 fully saturated rings. The lowest BCUT2D eigenvalue weighted by Gasteiger charge is -2.17. The van der Waals surface area contributed by atoms with E-state index in [2.05, 4.69) is 20.3 Å². The number of carbonyl (C=O) groups excluding carboxylic acids is 1. The third kappa shape index (κ3) is 3.50. The molecule has 2 heterocycles. The third-order valence-corrected chi connectivity index (χ3v) is 3.00. The van der Waals surface area contributed by atoms with Crippen LogP contribution in [-0.4, -0.2) is 20.9 Å². The molecule has 104 valence electrons. The van der Waals surface area contributed by atoms with Crippen molar-refractivity contribution < 1.29 is 4.79 Å². The summed E-state index contributed by atoms with van der Waals surface area (Å²) in [7, 11) is 0. The molecule has 0 bridgehead atoms. The van der Waals surface area contributed by atoms with E-state index in [9.17, 15) is 9.59 Å². The third-order valence-electron chi connectivity index (χ3n) is 3.00. The number of nitrogens with one attached hydrogen (secondary N) is 2. The van der Waals surface area contributed by atoms with Crippen LogP contribution in [0, 0.1) is 0 Å². The van der Waals surface area contributed by atoms with Gasteiger partial charge in [-0.2, -0.15) is 0 Å². The van der Waals surface area contributed by atoms with Crippen molar-refractivity contribution in [1.82, 2.24) is 20.3 Å². The molecule has 2 rings (SSSR count). The van der Waals surface area contributed by atoms with Crippen molar-refractivity contribution in [2.75, 3.05) is 0 Å². The fourth-order valence-corrected chi connectivity index (χ4v) is 1.94. The van der Waals surface area contributed by atoms with Crippen LogP contribution in [0.4, 0.5) is 0 Å². The molecule has 2 aromatic heterocycles. The van der Waals surface area contributed by atoms with Crippen LogP contribution in [-0.2, 0) is 11.2 Å². The fourth-order valence-electron chi connectivity index (χ4n) is 1.94.